The van der Waals surface area contributed by atoms with Crippen LogP contribution in [0.15, 0.2) is 48.5 Å². The van der Waals surface area contributed by atoms with Crippen LogP contribution in [0.2, 0.25) is 0 Å². The number of carbonyl (C=O) groups is 1. The molecular weight excluding hydrogens is 404 g/mol. The van der Waals surface area contributed by atoms with Crippen LogP contribution in [0.25, 0.3) is 0 Å². The summed E-state index contributed by atoms with van der Waals surface area (Å²) >= 11 is 1.80. The van der Waals surface area contributed by atoms with E-state index >= 15 is 0 Å². The Hall–Kier alpha value is -1.99. The molecule has 2 aromatic rings. The van der Waals surface area contributed by atoms with E-state index in [2.05, 4.69) is 26.1 Å². The van der Waals surface area contributed by atoms with Crippen molar-refractivity contribution in [1.82, 2.24) is 5.32 Å². The van der Waals surface area contributed by atoms with Gasteiger partial charge in [-0.15, -0.1) is 0 Å². The first kappa shape index (κ1) is 23.3. The van der Waals surface area contributed by atoms with E-state index in [1.807, 2.05) is 25.1 Å². The average Bonchev–Trinajstić information content (AvgIpc) is 2.62. The van der Waals surface area contributed by atoms with E-state index in [-0.39, 0.29) is 17.2 Å². The van der Waals surface area contributed by atoms with Crippen molar-refractivity contribution in [3.8, 4) is 0 Å². The van der Waals surface area contributed by atoms with E-state index in [0.717, 1.165) is 16.9 Å². The van der Waals surface area contributed by atoms with Crippen molar-refractivity contribution >= 4 is 33.4 Å². The predicted octanol–water partition coefficient (Wildman–Crippen LogP) is 4.22. The first-order chi connectivity index (χ1) is 13.5. The number of nitrogens with one attached hydrogen (secondary N) is 1. The van der Waals surface area contributed by atoms with Gasteiger partial charge in [-0.05, 0) is 42.3 Å². The van der Waals surface area contributed by atoms with Crippen molar-refractivity contribution in [2.24, 2.45) is 0 Å². The van der Waals surface area contributed by atoms with Crippen LogP contribution in [0, 0.1) is 6.92 Å². The van der Waals surface area contributed by atoms with E-state index < -0.39 is 10.0 Å². The average molecular weight is 435 g/mol. The van der Waals surface area contributed by atoms with Gasteiger partial charge in [0.25, 0.3) is 5.91 Å². The molecule has 0 aliphatic carbocycles. The Morgan fingerprint density at radius 3 is 2.31 bits per heavy atom. The Balaban J connectivity index is 2.04. The summed E-state index contributed by atoms with van der Waals surface area (Å²) in [5, 5.41) is 2.92. The molecule has 0 unspecified atom stereocenters. The predicted molar refractivity (Wildman–Crippen MR) is 123 cm³/mol. The van der Waals surface area contributed by atoms with Crippen LogP contribution in [0.5, 0.6) is 0 Å². The number of hydrogen-bond acceptors (Lipinski definition) is 4. The SMILES string of the molecule is Cc1cccc(N(Cc2ccc(C(=O)NCCSC(C)(C)C)cc2)S(C)(=O)=O)c1. The molecule has 0 radical (unpaired) electrons. The first-order valence-corrected chi connectivity index (χ1v) is 12.3. The number of hydrogen-bond donors (Lipinski definition) is 1. The van der Waals surface area contributed by atoms with Gasteiger partial charge >= 0.3 is 0 Å². The molecule has 0 aromatic heterocycles. The summed E-state index contributed by atoms with van der Waals surface area (Å²) in [5.41, 5.74) is 3.01. The molecular formula is C22H30N2O3S2. The summed E-state index contributed by atoms with van der Waals surface area (Å²) < 4.78 is 26.1. The van der Waals surface area contributed by atoms with Crippen LogP contribution in [-0.2, 0) is 16.6 Å². The maximum atomic E-state index is 12.3. The highest BCUT2D eigenvalue weighted by molar-refractivity contribution is 8.00. The molecule has 0 heterocycles. The number of thioether (sulfide) groups is 1. The van der Waals surface area contributed by atoms with Crippen LogP contribution in [0.3, 0.4) is 0 Å². The number of amides is 1. The minimum Gasteiger partial charge on any atom is -0.351 e. The van der Waals surface area contributed by atoms with E-state index in [1.165, 1.54) is 10.6 Å². The molecule has 1 N–H and O–H groups in total. The highest BCUT2D eigenvalue weighted by Gasteiger charge is 2.18. The Morgan fingerprint density at radius 2 is 1.76 bits per heavy atom. The van der Waals surface area contributed by atoms with Gasteiger partial charge in [-0.25, -0.2) is 8.42 Å². The van der Waals surface area contributed by atoms with Gasteiger partial charge in [-0.3, -0.25) is 9.10 Å². The second-order valence-electron chi connectivity index (χ2n) is 8.02. The lowest BCUT2D eigenvalue weighted by Crippen LogP contribution is -2.29. The van der Waals surface area contributed by atoms with Crippen molar-refractivity contribution in [2.45, 2.75) is 39.0 Å². The Kier molecular flexibility index (Phi) is 7.77. The molecule has 2 rings (SSSR count). The number of benzene rings is 2. The van der Waals surface area contributed by atoms with Crippen LogP contribution < -0.4 is 9.62 Å². The van der Waals surface area contributed by atoms with Crippen LogP contribution in [-0.4, -0.2) is 37.6 Å². The highest BCUT2D eigenvalue weighted by Crippen LogP contribution is 2.23. The van der Waals surface area contributed by atoms with Crippen LogP contribution in [0.1, 0.15) is 42.3 Å². The smallest absolute Gasteiger partial charge is 0.251 e. The molecule has 0 bridgehead atoms. The maximum absolute atomic E-state index is 12.3. The molecule has 0 aliphatic rings. The number of aryl methyl sites for hydroxylation is 1. The molecule has 29 heavy (non-hydrogen) atoms. The first-order valence-electron chi connectivity index (χ1n) is 9.51. The van der Waals surface area contributed by atoms with Crippen LogP contribution >= 0.6 is 11.8 Å². The van der Waals surface area contributed by atoms with Crippen molar-refractivity contribution in [3.63, 3.8) is 0 Å². The summed E-state index contributed by atoms with van der Waals surface area (Å²) in [6.07, 6.45) is 1.20. The highest BCUT2D eigenvalue weighted by atomic mass is 32.2. The van der Waals surface area contributed by atoms with Gasteiger partial charge in [0, 0.05) is 22.6 Å². The van der Waals surface area contributed by atoms with E-state index in [9.17, 15) is 13.2 Å². The fraction of sp³-hybridized carbons (Fsp3) is 0.409. The Labute approximate surface area is 178 Å². The quantitative estimate of drug-likeness (QED) is 0.632. The Bertz CT molecular complexity index is 933. The molecule has 0 fully saturated rings. The summed E-state index contributed by atoms with van der Waals surface area (Å²) in [4.78, 5) is 12.3. The zero-order chi connectivity index (χ0) is 21.7. The van der Waals surface area contributed by atoms with E-state index in [1.54, 1.807) is 42.1 Å². The van der Waals surface area contributed by atoms with Gasteiger partial charge in [-0.1, -0.05) is 45.0 Å². The fourth-order valence-electron chi connectivity index (χ4n) is 2.73. The number of carbonyl (C=O) groups excluding carboxylic acids is 1. The Morgan fingerprint density at radius 1 is 1.10 bits per heavy atom. The third-order valence-corrected chi connectivity index (χ3v) is 6.57. The van der Waals surface area contributed by atoms with Crippen molar-refractivity contribution in [2.75, 3.05) is 22.9 Å². The molecule has 0 aliphatic heterocycles. The van der Waals surface area contributed by atoms with Crippen molar-refractivity contribution in [3.05, 3.63) is 65.2 Å². The summed E-state index contributed by atoms with van der Waals surface area (Å²) in [6, 6.07) is 14.5. The van der Waals surface area contributed by atoms with Gasteiger partial charge in [0.15, 0.2) is 0 Å². The van der Waals surface area contributed by atoms with E-state index in [0.29, 0.717) is 17.8 Å². The van der Waals surface area contributed by atoms with Crippen molar-refractivity contribution < 1.29 is 13.2 Å². The van der Waals surface area contributed by atoms with Gasteiger partial charge in [0.05, 0.1) is 18.5 Å². The lowest BCUT2D eigenvalue weighted by molar-refractivity contribution is 0.0956. The summed E-state index contributed by atoms with van der Waals surface area (Å²) in [5.74, 6) is 0.734. The zero-order valence-electron chi connectivity index (χ0n) is 17.7. The number of rotatable bonds is 8. The number of sulfonamides is 1. The third kappa shape index (κ3) is 7.74. The summed E-state index contributed by atoms with van der Waals surface area (Å²) in [6.45, 7) is 9.19. The molecule has 5 nitrogen and oxygen atoms in total. The van der Waals surface area contributed by atoms with Crippen LogP contribution in [0.4, 0.5) is 5.69 Å². The normalized spacial score (nSPS) is 11.9. The molecule has 158 valence electrons. The molecule has 7 heteroatoms. The molecule has 2 aromatic carbocycles. The standard InChI is InChI=1S/C22H30N2O3S2/c1-17-7-6-8-20(15-17)24(29(5,26)27)16-18-9-11-19(12-10-18)21(25)23-13-14-28-22(2,3)4/h6-12,15H,13-14,16H2,1-5H3,(H,23,25). The fourth-order valence-corrected chi connectivity index (χ4v) is 4.43. The largest absolute Gasteiger partial charge is 0.351 e. The van der Waals surface area contributed by atoms with Gasteiger partial charge in [-0.2, -0.15) is 11.8 Å². The van der Waals surface area contributed by atoms with Gasteiger partial charge in [0.2, 0.25) is 10.0 Å². The number of nitrogens with zero attached hydrogens (tertiary/aromatic N) is 1. The maximum Gasteiger partial charge on any atom is 0.251 e. The van der Waals surface area contributed by atoms with Gasteiger partial charge in [0.1, 0.15) is 0 Å². The van der Waals surface area contributed by atoms with Gasteiger partial charge < -0.3 is 5.32 Å². The number of anilines is 1. The molecule has 0 saturated heterocycles. The third-order valence-electron chi connectivity index (χ3n) is 4.15. The second-order valence-corrected chi connectivity index (χ2v) is 11.9. The lowest BCUT2D eigenvalue weighted by atomic mass is 10.1. The minimum atomic E-state index is -3.43. The molecule has 1 amide bonds. The topological polar surface area (TPSA) is 66.5 Å². The van der Waals surface area contributed by atoms with E-state index in [4.69, 9.17) is 0 Å². The molecule has 0 spiro atoms. The lowest BCUT2D eigenvalue weighted by Gasteiger charge is -2.23. The monoisotopic (exact) mass is 434 g/mol. The summed E-state index contributed by atoms with van der Waals surface area (Å²) in [7, 11) is -3.43. The van der Waals surface area contributed by atoms with Crippen molar-refractivity contribution in [1.29, 1.82) is 0 Å². The minimum absolute atomic E-state index is 0.121. The molecule has 0 atom stereocenters. The molecule has 0 saturated carbocycles. The second kappa shape index (κ2) is 9.67. The zero-order valence-corrected chi connectivity index (χ0v) is 19.4.